The molecule has 33 heavy (non-hydrogen) atoms. The topological polar surface area (TPSA) is 109 Å². The summed E-state index contributed by atoms with van der Waals surface area (Å²) in [6.07, 6.45) is -10.2. The molecule has 0 aliphatic carbocycles. The number of halogens is 6. The fourth-order valence-electron chi connectivity index (χ4n) is 2.46. The van der Waals surface area contributed by atoms with Gasteiger partial charge in [0.25, 0.3) is 0 Å². The molecule has 13 heteroatoms. The van der Waals surface area contributed by atoms with E-state index >= 15 is 0 Å². The zero-order valence-corrected chi connectivity index (χ0v) is 17.3. The summed E-state index contributed by atoms with van der Waals surface area (Å²) in [4.78, 5) is 22.5. The molecule has 0 unspecified atom stereocenters. The average molecular weight is 482 g/mol. The largest absolute Gasteiger partial charge is 0.490 e. The van der Waals surface area contributed by atoms with Gasteiger partial charge in [0, 0.05) is 24.2 Å². The molecule has 0 bridgehead atoms. The highest BCUT2D eigenvalue weighted by Crippen LogP contribution is 2.25. The van der Waals surface area contributed by atoms with Gasteiger partial charge in [-0.15, -0.1) is 0 Å². The number of aliphatic carboxylic acids is 2. The number of alkyl halides is 6. The summed E-state index contributed by atoms with van der Waals surface area (Å²) in [7, 11) is 0. The molecule has 0 amide bonds. The maximum absolute atomic E-state index is 10.6. The van der Waals surface area contributed by atoms with Crippen molar-refractivity contribution in [1.82, 2.24) is 10.3 Å². The number of benzene rings is 1. The molecular formula is C20H20F6N2O5. The fraction of sp³-hybridized carbons (Fsp3) is 0.350. The van der Waals surface area contributed by atoms with Crippen molar-refractivity contribution in [3.05, 3.63) is 47.0 Å². The molecule has 1 aliphatic heterocycles. The third kappa shape index (κ3) is 9.76. The minimum Gasteiger partial charge on any atom is -0.476 e. The van der Waals surface area contributed by atoms with E-state index in [2.05, 4.69) is 54.5 Å². The lowest BCUT2D eigenvalue weighted by Crippen LogP contribution is -2.21. The fourth-order valence-corrected chi connectivity index (χ4v) is 2.46. The number of fused-ring (bicyclic) bond motifs is 1. The van der Waals surface area contributed by atoms with Crippen LogP contribution in [0.1, 0.15) is 16.7 Å². The summed E-state index contributed by atoms with van der Waals surface area (Å²) < 4.78 is 69.2. The van der Waals surface area contributed by atoms with Crippen LogP contribution in [-0.2, 0) is 16.1 Å². The van der Waals surface area contributed by atoms with Gasteiger partial charge in [0.15, 0.2) is 0 Å². The standard InChI is InChI=1S/C16H18N2O.2C2HF3O2/c1-11-7-12(2)9-14(8-11)15-4-3-13-10-17-5-6-19-16(13)18-15;2*3-2(4,5)1(6)7/h3-4,7-9,17H,5-6,10H2,1-2H3;2*(H,6,7). The lowest BCUT2D eigenvalue weighted by molar-refractivity contribution is -0.193. The summed E-state index contributed by atoms with van der Waals surface area (Å²) in [5.41, 5.74) is 5.78. The van der Waals surface area contributed by atoms with Crippen LogP contribution in [0.15, 0.2) is 30.3 Å². The van der Waals surface area contributed by atoms with E-state index in [0.29, 0.717) is 6.61 Å². The molecule has 3 N–H and O–H groups in total. The van der Waals surface area contributed by atoms with Gasteiger partial charge in [0.2, 0.25) is 5.88 Å². The summed E-state index contributed by atoms with van der Waals surface area (Å²) in [5.74, 6) is -4.75. The second kappa shape index (κ2) is 11.5. The van der Waals surface area contributed by atoms with E-state index in [4.69, 9.17) is 24.5 Å². The van der Waals surface area contributed by atoms with Crippen molar-refractivity contribution in [2.75, 3.05) is 13.2 Å². The van der Waals surface area contributed by atoms with E-state index in [0.717, 1.165) is 35.8 Å². The molecule has 0 fully saturated rings. The van der Waals surface area contributed by atoms with Gasteiger partial charge in [0.05, 0.1) is 5.69 Å². The van der Waals surface area contributed by atoms with Crippen LogP contribution in [0.2, 0.25) is 0 Å². The van der Waals surface area contributed by atoms with Crippen LogP contribution >= 0.6 is 0 Å². The first-order chi connectivity index (χ1) is 15.1. The number of hydrogen-bond acceptors (Lipinski definition) is 5. The van der Waals surface area contributed by atoms with Crippen molar-refractivity contribution in [3.8, 4) is 17.1 Å². The van der Waals surface area contributed by atoms with Gasteiger partial charge in [-0.2, -0.15) is 26.3 Å². The molecule has 0 saturated carbocycles. The Labute approximate surface area is 184 Å². The summed E-state index contributed by atoms with van der Waals surface area (Å²) in [5, 5.41) is 17.6. The van der Waals surface area contributed by atoms with Crippen LogP contribution in [-0.4, -0.2) is 52.6 Å². The molecule has 1 aromatic carbocycles. The predicted molar refractivity (Wildman–Crippen MR) is 104 cm³/mol. The van der Waals surface area contributed by atoms with E-state index in [1.165, 1.54) is 11.1 Å². The Balaban J connectivity index is 0.000000324. The smallest absolute Gasteiger partial charge is 0.476 e. The van der Waals surface area contributed by atoms with Crippen LogP contribution in [0.3, 0.4) is 0 Å². The number of carboxylic acid groups (broad SMARTS) is 2. The van der Waals surface area contributed by atoms with Crippen molar-refractivity contribution < 1.29 is 50.9 Å². The minimum atomic E-state index is -5.08. The molecule has 0 saturated heterocycles. The number of nitrogens with one attached hydrogen (secondary N) is 1. The van der Waals surface area contributed by atoms with Crippen molar-refractivity contribution in [2.45, 2.75) is 32.7 Å². The van der Waals surface area contributed by atoms with Crippen LogP contribution < -0.4 is 10.1 Å². The summed E-state index contributed by atoms with van der Waals surface area (Å²) in [6.45, 7) is 6.60. The lowest BCUT2D eigenvalue weighted by Gasteiger charge is -2.09. The number of carbonyl (C=O) groups is 2. The number of ether oxygens (including phenoxy) is 1. The summed E-state index contributed by atoms with van der Waals surface area (Å²) >= 11 is 0. The van der Waals surface area contributed by atoms with E-state index in [1.807, 2.05) is 0 Å². The Morgan fingerprint density at radius 3 is 1.88 bits per heavy atom. The van der Waals surface area contributed by atoms with E-state index in [9.17, 15) is 26.3 Å². The van der Waals surface area contributed by atoms with Gasteiger partial charge < -0.3 is 20.3 Å². The normalized spacial score (nSPS) is 13.1. The molecule has 2 heterocycles. The Kier molecular flexibility index (Phi) is 9.64. The molecular weight excluding hydrogens is 462 g/mol. The maximum Gasteiger partial charge on any atom is 0.490 e. The van der Waals surface area contributed by atoms with Gasteiger partial charge in [-0.3, -0.25) is 0 Å². The molecule has 0 atom stereocenters. The van der Waals surface area contributed by atoms with Gasteiger partial charge >= 0.3 is 24.3 Å². The highest BCUT2D eigenvalue weighted by Gasteiger charge is 2.38. The minimum absolute atomic E-state index is 0.677. The molecule has 1 aliphatic rings. The number of aryl methyl sites for hydroxylation is 2. The number of aromatic nitrogens is 1. The number of nitrogens with zero attached hydrogens (tertiary/aromatic N) is 1. The van der Waals surface area contributed by atoms with Gasteiger partial charge in [-0.05, 0) is 32.0 Å². The van der Waals surface area contributed by atoms with Gasteiger partial charge in [-0.1, -0.05) is 23.3 Å². The average Bonchev–Trinajstić information content (AvgIpc) is 2.91. The maximum atomic E-state index is 10.6. The molecule has 1 aromatic heterocycles. The van der Waals surface area contributed by atoms with Crippen LogP contribution in [0.4, 0.5) is 26.3 Å². The van der Waals surface area contributed by atoms with Crippen molar-refractivity contribution in [3.63, 3.8) is 0 Å². The number of hydrogen-bond donors (Lipinski definition) is 3. The first-order valence-corrected chi connectivity index (χ1v) is 9.13. The first-order valence-electron chi connectivity index (χ1n) is 9.13. The Bertz CT molecular complexity index is 932. The number of rotatable bonds is 1. The van der Waals surface area contributed by atoms with E-state index in [-0.39, 0.29) is 0 Å². The first kappa shape index (κ1) is 27.7. The van der Waals surface area contributed by atoms with E-state index < -0.39 is 24.3 Å². The Morgan fingerprint density at radius 1 is 0.939 bits per heavy atom. The van der Waals surface area contributed by atoms with Crippen LogP contribution in [0, 0.1) is 13.8 Å². The zero-order chi connectivity index (χ0) is 25.4. The molecule has 0 radical (unpaired) electrons. The second-order valence-corrected chi connectivity index (χ2v) is 6.67. The zero-order valence-electron chi connectivity index (χ0n) is 17.3. The van der Waals surface area contributed by atoms with Crippen molar-refractivity contribution in [1.29, 1.82) is 0 Å². The molecule has 7 nitrogen and oxygen atoms in total. The van der Waals surface area contributed by atoms with Gasteiger partial charge in [0.1, 0.15) is 6.61 Å². The summed E-state index contributed by atoms with van der Waals surface area (Å²) in [6, 6.07) is 10.7. The number of pyridine rings is 1. The SMILES string of the molecule is Cc1cc(C)cc(-c2ccc3c(n2)OCCNC3)c1.O=C(O)C(F)(F)F.O=C(O)C(F)(F)F. The monoisotopic (exact) mass is 482 g/mol. The van der Waals surface area contributed by atoms with Crippen molar-refractivity contribution in [2.24, 2.45) is 0 Å². The molecule has 2 aromatic rings. The van der Waals surface area contributed by atoms with Crippen molar-refractivity contribution >= 4 is 11.9 Å². The third-order valence-electron chi connectivity index (χ3n) is 3.77. The van der Waals surface area contributed by atoms with Crippen LogP contribution in [0.5, 0.6) is 5.88 Å². The highest BCUT2D eigenvalue weighted by atomic mass is 19.4. The Hall–Kier alpha value is -3.35. The van der Waals surface area contributed by atoms with Gasteiger partial charge in [-0.25, -0.2) is 14.6 Å². The van der Waals surface area contributed by atoms with Crippen LogP contribution in [0.25, 0.3) is 11.3 Å². The number of carboxylic acids is 2. The van der Waals surface area contributed by atoms with E-state index in [1.54, 1.807) is 0 Å². The molecule has 0 spiro atoms. The highest BCUT2D eigenvalue weighted by molar-refractivity contribution is 5.73. The lowest BCUT2D eigenvalue weighted by atomic mass is 10.0. The Morgan fingerprint density at radius 2 is 1.42 bits per heavy atom. The predicted octanol–water partition coefficient (Wildman–Crippen LogP) is 4.11. The second-order valence-electron chi connectivity index (χ2n) is 6.67. The third-order valence-corrected chi connectivity index (χ3v) is 3.77. The molecule has 182 valence electrons. The quantitative estimate of drug-likeness (QED) is 0.525. The molecule has 3 rings (SSSR count).